The zero-order valence-electron chi connectivity index (χ0n) is 20.1. The van der Waals surface area contributed by atoms with Gasteiger partial charge in [-0.3, -0.25) is 9.59 Å². The first-order chi connectivity index (χ1) is 15.6. The van der Waals surface area contributed by atoms with Crippen molar-refractivity contribution in [2.45, 2.75) is 47.0 Å². The van der Waals surface area contributed by atoms with Crippen LogP contribution < -0.4 is 10.2 Å². The summed E-state index contributed by atoms with van der Waals surface area (Å²) < 4.78 is 0. The molecule has 4 nitrogen and oxygen atoms in total. The van der Waals surface area contributed by atoms with Crippen molar-refractivity contribution in [3.05, 3.63) is 100 Å². The van der Waals surface area contributed by atoms with Crippen LogP contribution in [0.2, 0.25) is 0 Å². The topological polar surface area (TPSA) is 49.4 Å². The van der Waals surface area contributed by atoms with Crippen LogP contribution in [0.15, 0.2) is 72.4 Å². The fourth-order valence-electron chi connectivity index (χ4n) is 4.12. The van der Waals surface area contributed by atoms with E-state index in [1.807, 2.05) is 87.5 Å². The molecule has 0 fully saturated rings. The molecule has 0 saturated carbocycles. The van der Waals surface area contributed by atoms with Crippen LogP contribution in [0.25, 0.3) is 5.57 Å². The summed E-state index contributed by atoms with van der Waals surface area (Å²) in [5, 5.41) is 3.24. The maximum Gasteiger partial charge on any atom is 0.282 e. The lowest BCUT2D eigenvalue weighted by atomic mass is 9.87. The number of hydrogen-bond donors (Lipinski definition) is 1. The number of rotatable bonds is 4. The number of amides is 2. The molecule has 0 saturated heterocycles. The van der Waals surface area contributed by atoms with Crippen molar-refractivity contribution in [3.63, 3.8) is 0 Å². The van der Waals surface area contributed by atoms with E-state index in [4.69, 9.17) is 0 Å². The highest BCUT2D eigenvalue weighted by Crippen LogP contribution is 2.36. The number of aryl methyl sites for hydroxylation is 3. The van der Waals surface area contributed by atoms with Gasteiger partial charge in [-0.1, -0.05) is 74.4 Å². The SMILES string of the molecule is Cc1ccc(NC2=C(c3ccc(C)cc3C)C(=O)N(c3ccc(C(C)(C)C)cc3)C2=O)cc1. The van der Waals surface area contributed by atoms with Gasteiger partial charge >= 0.3 is 0 Å². The van der Waals surface area contributed by atoms with Gasteiger partial charge in [-0.2, -0.15) is 0 Å². The van der Waals surface area contributed by atoms with Gasteiger partial charge in [0.25, 0.3) is 11.8 Å². The van der Waals surface area contributed by atoms with Crippen LogP contribution in [-0.4, -0.2) is 11.8 Å². The van der Waals surface area contributed by atoms with E-state index in [-0.39, 0.29) is 17.2 Å². The smallest absolute Gasteiger partial charge is 0.282 e. The maximum absolute atomic E-state index is 13.7. The molecule has 0 radical (unpaired) electrons. The minimum absolute atomic E-state index is 0.0157. The van der Waals surface area contributed by atoms with E-state index >= 15 is 0 Å². The van der Waals surface area contributed by atoms with Crippen molar-refractivity contribution in [2.75, 3.05) is 10.2 Å². The molecule has 4 rings (SSSR count). The van der Waals surface area contributed by atoms with Gasteiger partial charge in [-0.15, -0.1) is 0 Å². The Morgan fingerprint density at radius 2 is 1.33 bits per heavy atom. The van der Waals surface area contributed by atoms with E-state index in [1.54, 1.807) is 0 Å². The van der Waals surface area contributed by atoms with Gasteiger partial charge in [-0.25, -0.2) is 4.90 Å². The molecule has 0 atom stereocenters. The number of carbonyl (C=O) groups is 2. The monoisotopic (exact) mass is 438 g/mol. The van der Waals surface area contributed by atoms with Crippen LogP contribution in [0.4, 0.5) is 11.4 Å². The lowest BCUT2D eigenvalue weighted by Gasteiger charge is -2.21. The van der Waals surface area contributed by atoms with Gasteiger partial charge < -0.3 is 5.32 Å². The molecule has 3 aromatic rings. The first kappa shape index (κ1) is 22.5. The fourth-order valence-corrected chi connectivity index (χ4v) is 4.12. The van der Waals surface area contributed by atoms with Crippen LogP contribution in [-0.2, 0) is 15.0 Å². The molecule has 0 unspecified atom stereocenters. The van der Waals surface area contributed by atoms with Crippen LogP contribution in [0.5, 0.6) is 0 Å². The van der Waals surface area contributed by atoms with Crippen LogP contribution in [0.3, 0.4) is 0 Å². The molecule has 4 heteroatoms. The van der Waals surface area contributed by atoms with Crippen LogP contribution in [0, 0.1) is 20.8 Å². The quantitative estimate of drug-likeness (QED) is 0.486. The second-order valence-corrected chi connectivity index (χ2v) is 9.80. The zero-order chi connectivity index (χ0) is 23.9. The summed E-state index contributed by atoms with van der Waals surface area (Å²) in [5.74, 6) is -0.663. The summed E-state index contributed by atoms with van der Waals surface area (Å²) in [6, 6.07) is 21.4. The largest absolute Gasteiger partial charge is 0.350 e. The number of nitrogens with one attached hydrogen (secondary N) is 1. The minimum Gasteiger partial charge on any atom is -0.350 e. The Bertz CT molecular complexity index is 1260. The molecular weight excluding hydrogens is 408 g/mol. The van der Waals surface area contributed by atoms with Crippen molar-refractivity contribution < 1.29 is 9.59 Å². The lowest BCUT2D eigenvalue weighted by molar-refractivity contribution is -0.120. The molecule has 33 heavy (non-hydrogen) atoms. The second kappa shape index (κ2) is 8.36. The molecule has 0 aromatic heterocycles. The van der Waals surface area contributed by atoms with Crippen molar-refractivity contribution in [3.8, 4) is 0 Å². The Morgan fingerprint density at radius 1 is 0.727 bits per heavy atom. The Labute approximate surface area is 195 Å². The Kier molecular flexibility index (Phi) is 5.71. The van der Waals surface area contributed by atoms with Crippen molar-refractivity contribution in [2.24, 2.45) is 0 Å². The number of anilines is 2. The number of carbonyl (C=O) groups excluding carboxylic acids is 2. The van der Waals surface area contributed by atoms with Crippen molar-refractivity contribution in [1.82, 2.24) is 0 Å². The normalized spacial score (nSPS) is 14.3. The number of benzene rings is 3. The predicted molar refractivity (Wildman–Crippen MR) is 135 cm³/mol. The molecule has 1 aliphatic heterocycles. The van der Waals surface area contributed by atoms with Gasteiger partial charge in [0.15, 0.2) is 0 Å². The number of nitrogens with zero attached hydrogens (tertiary/aromatic N) is 1. The highest BCUT2D eigenvalue weighted by molar-refractivity contribution is 6.46. The van der Waals surface area contributed by atoms with Crippen molar-refractivity contribution >= 4 is 28.8 Å². The minimum atomic E-state index is -0.348. The average Bonchev–Trinajstić information content (AvgIpc) is 2.99. The maximum atomic E-state index is 13.7. The first-order valence-corrected chi connectivity index (χ1v) is 11.2. The Hall–Kier alpha value is -3.66. The fraction of sp³-hybridized carbons (Fsp3) is 0.241. The molecule has 1 heterocycles. The Balaban J connectivity index is 1.81. The van der Waals surface area contributed by atoms with E-state index in [2.05, 4.69) is 26.1 Å². The third kappa shape index (κ3) is 4.34. The third-order valence-corrected chi connectivity index (χ3v) is 6.05. The van der Waals surface area contributed by atoms with E-state index < -0.39 is 0 Å². The zero-order valence-corrected chi connectivity index (χ0v) is 20.1. The number of hydrogen-bond acceptors (Lipinski definition) is 3. The molecule has 0 aliphatic carbocycles. The summed E-state index contributed by atoms with van der Waals surface area (Å²) in [4.78, 5) is 28.6. The van der Waals surface area contributed by atoms with E-state index in [0.717, 1.165) is 33.5 Å². The first-order valence-electron chi connectivity index (χ1n) is 11.2. The van der Waals surface area contributed by atoms with Gasteiger partial charge in [-0.05, 0) is 67.1 Å². The van der Waals surface area contributed by atoms with Gasteiger partial charge in [0, 0.05) is 5.69 Å². The molecule has 3 aromatic carbocycles. The van der Waals surface area contributed by atoms with E-state index in [9.17, 15) is 9.59 Å². The summed E-state index contributed by atoms with van der Waals surface area (Å²) in [6.45, 7) is 12.4. The van der Waals surface area contributed by atoms with E-state index in [0.29, 0.717) is 17.0 Å². The second-order valence-electron chi connectivity index (χ2n) is 9.80. The molecule has 168 valence electrons. The van der Waals surface area contributed by atoms with Gasteiger partial charge in [0.05, 0.1) is 11.3 Å². The van der Waals surface area contributed by atoms with Crippen molar-refractivity contribution in [1.29, 1.82) is 0 Å². The van der Waals surface area contributed by atoms with Crippen LogP contribution >= 0.6 is 0 Å². The number of imide groups is 1. The van der Waals surface area contributed by atoms with E-state index in [1.165, 1.54) is 4.90 Å². The lowest BCUT2D eigenvalue weighted by Crippen LogP contribution is -2.32. The molecule has 1 N–H and O–H groups in total. The highest BCUT2D eigenvalue weighted by Gasteiger charge is 2.40. The third-order valence-electron chi connectivity index (χ3n) is 6.05. The summed E-state index contributed by atoms with van der Waals surface area (Å²) in [7, 11) is 0. The predicted octanol–water partition coefficient (Wildman–Crippen LogP) is 6.31. The van der Waals surface area contributed by atoms with Gasteiger partial charge in [0.2, 0.25) is 0 Å². The molecular formula is C29H30N2O2. The Morgan fingerprint density at radius 3 is 1.91 bits per heavy atom. The van der Waals surface area contributed by atoms with Gasteiger partial charge in [0.1, 0.15) is 5.70 Å². The molecule has 1 aliphatic rings. The summed E-state index contributed by atoms with van der Waals surface area (Å²) in [5.41, 5.74) is 7.12. The molecule has 0 spiro atoms. The highest BCUT2D eigenvalue weighted by atomic mass is 16.2. The summed E-state index contributed by atoms with van der Waals surface area (Å²) >= 11 is 0. The molecule has 0 bridgehead atoms. The van der Waals surface area contributed by atoms with Crippen LogP contribution in [0.1, 0.15) is 48.6 Å². The average molecular weight is 439 g/mol. The molecule has 2 amide bonds. The standard InChI is InChI=1S/C29H30N2O2/c1-18-7-12-22(13-8-18)30-26-25(24-16-9-19(2)17-20(24)3)27(32)31(28(26)33)23-14-10-21(11-15-23)29(4,5)6/h7-17,30H,1-6H3. The summed E-state index contributed by atoms with van der Waals surface area (Å²) in [6.07, 6.45) is 0.